The predicted octanol–water partition coefficient (Wildman–Crippen LogP) is 5.59. The van der Waals surface area contributed by atoms with E-state index in [9.17, 15) is 5.11 Å². The Morgan fingerprint density at radius 2 is 1.57 bits per heavy atom. The summed E-state index contributed by atoms with van der Waals surface area (Å²) in [4.78, 5) is 4.63. The Kier molecular flexibility index (Phi) is 4.45. The number of rotatable bonds is 3. The lowest BCUT2D eigenvalue weighted by Crippen LogP contribution is -1.90. The molecule has 0 amide bonds. The minimum absolute atomic E-state index is 0.257. The van der Waals surface area contributed by atoms with Gasteiger partial charge in [0.1, 0.15) is 5.75 Å². The molecule has 2 aromatic carbocycles. The molecule has 0 radical (unpaired) electrons. The van der Waals surface area contributed by atoms with Gasteiger partial charge in [0.2, 0.25) is 0 Å². The fourth-order valence-corrected chi connectivity index (χ4v) is 2.46. The smallest absolute Gasteiger partial charge is 0.115 e. The molecule has 0 atom stereocenters. The fourth-order valence-electron chi connectivity index (χ4n) is 2.34. The van der Waals surface area contributed by atoms with E-state index in [1.807, 2.05) is 61.5 Å². The summed E-state index contributed by atoms with van der Waals surface area (Å²) in [7, 11) is 0. The molecule has 0 unspecified atom stereocenters. The molecule has 0 aliphatic carbocycles. The Hall–Kier alpha value is -2.58. The van der Waals surface area contributed by atoms with Gasteiger partial charge in [-0.3, -0.25) is 4.98 Å². The molecular weight excluding hydrogens is 306 g/mol. The van der Waals surface area contributed by atoms with Crippen LogP contribution in [-0.4, -0.2) is 10.1 Å². The zero-order chi connectivity index (χ0) is 16.2. The monoisotopic (exact) mass is 321 g/mol. The maximum absolute atomic E-state index is 9.45. The van der Waals surface area contributed by atoms with Crippen LogP contribution in [0.2, 0.25) is 5.02 Å². The Morgan fingerprint density at radius 3 is 2.26 bits per heavy atom. The highest BCUT2D eigenvalue weighted by Crippen LogP contribution is 2.26. The maximum atomic E-state index is 9.45. The summed E-state index contributed by atoms with van der Waals surface area (Å²) in [5, 5.41) is 10.2. The first-order chi connectivity index (χ1) is 11.1. The van der Waals surface area contributed by atoms with Gasteiger partial charge in [-0.15, -0.1) is 0 Å². The Balaban J connectivity index is 1.99. The third-order valence-corrected chi connectivity index (χ3v) is 3.80. The zero-order valence-corrected chi connectivity index (χ0v) is 13.5. The van der Waals surface area contributed by atoms with Crippen molar-refractivity contribution in [3.05, 3.63) is 82.6 Å². The number of benzene rings is 2. The van der Waals surface area contributed by atoms with E-state index in [2.05, 4.69) is 11.1 Å². The van der Waals surface area contributed by atoms with Gasteiger partial charge in [0.25, 0.3) is 0 Å². The normalized spacial score (nSPS) is 11.0. The van der Waals surface area contributed by atoms with Gasteiger partial charge < -0.3 is 5.11 Å². The molecular formula is C20H16ClNO. The standard InChI is InChI=1S/C20H16ClNO/c1-14-2-12-19(16-6-10-18(23)11-7-16)20(22-14)13-5-15-3-8-17(21)9-4-15/h2-13,23H,1H3. The topological polar surface area (TPSA) is 33.1 Å². The number of hydrogen-bond donors (Lipinski definition) is 1. The van der Waals surface area contributed by atoms with Crippen molar-refractivity contribution in [2.75, 3.05) is 0 Å². The molecule has 0 fully saturated rings. The van der Waals surface area contributed by atoms with E-state index in [-0.39, 0.29) is 5.75 Å². The van der Waals surface area contributed by atoms with E-state index in [0.717, 1.165) is 33.1 Å². The third-order valence-electron chi connectivity index (χ3n) is 3.55. The van der Waals surface area contributed by atoms with Crippen molar-refractivity contribution in [3.63, 3.8) is 0 Å². The summed E-state index contributed by atoms with van der Waals surface area (Å²) < 4.78 is 0. The van der Waals surface area contributed by atoms with Crippen LogP contribution in [0.1, 0.15) is 17.0 Å². The van der Waals surface area contributed by atoms with Gasteiger partial charge in [0.05, 0.1) is 5.69 Å². The largest absolute Gasteiger partial charge is 0.508 e. The van der Waals surface area contributed by atoms with Gasteiger partial charge in [-0.1, -0.05) is 48.0 Å². The Bertz CT molecular complexity index is 837. The number of phenols is 1. The minimum Gasteiger partial charge on any atom is -0.508 e. The van der Waals surface area contributed by atoms with Crippen molar-refractivity contribution in [1.29, 1.82) is 0 Å². The van der Waals surface area contributed by atoms with Crippen LogP contribution in [0.3, 0.4) is 0 Å². The number of aromatic nitrogens is 1. The highest BCUT2D eigenvalue weighted by molar-refractivity contribution is 6.30. The van der Waals surface area contributed by atoms with Crippen LogP contribution in [0, 0.1) is 6.92 Å². The summed E-state index contributed by atoms with van der Waals surface area (Å²) in [5.74, 6) is 0.257. The Labute approximate surface area is 140 Å². The van der Waals surface area contributed by atoms with Crippen LogP contribution in [0.15, 0.2) is 60.7 Å². The average molecular weight is 322 g/mol. The second-order valence-corrected chi connectivity index (χ2v) is 5.75. The SMILES string of the molecule is Cc1ccc(-c2ccc(O)cc2)c(C=Cc2ccc(Cl)cc2)n1. The minimum atomic E-state index is 0.257. The Morgan fingerprint density at radius 1 is 0.870 bits per heavy atom. The third kappa shape index (κ3) is 3.79. The molecule has 1 heterocycles. The summed E-state index contributed by atoms with van der Waals surface area (Å²) in [5.41, 5.74) is 4.97. The highest BCUT2D eigenvalue weighted by atomic mass is 35.5. The summed E-state index contributed by atoms with van der Waals surface area (Å²) in [6.07, 6.45) is 4.01. The molecule has 0 aliphatic rings. The van der Waals surface area contributed by atoms with E-state index < -0.39 is 0 Å². The van der Waals surface area contributed by atoms with Gasteiger partial charge in [-0.05, 0) is 54.5 Å². The van der Waals surface area contributed by atoms with Gasteiger partial charge in [0.15, 0.2) is 0 Å². The average Bonchev–Trinajstić information content (AvgIpc) is 2.55. The molecule has 2 nitrogen and oxygen atoms in total. The van der Waals surface area contributed by atoms with Crippen molar-refractivity contribution in [1.82, 2.24) is 4.98 Å². The lowest BCUT2D eigenvalue weighted by atomic mass is 10.0. The van der Waals surface area contributed by atoms with Crippen LogP contribution < -0.4 is 0 Å². The van der Waals surface area contributed by atoms with Crippen LogP contribution in [0.4, 0.5) is 0 Å². The molecule has 1 N–H and O–H groups in total. The molecule has 3 heteroatoms. The van der Waals surface area contributed by atoms with E-state index in [1.54, 1.807) is 12.1 Å². The highest BCUT2D eigenvalue weighted by Gasteiger charge is 2.05. The van der Waals surface area contributed by atoms with Gasteiger partial charge in [-0.2, -0.15) is 0 Å². The van der Waals surface area contributed by atoms with E-state index >= 15 is 0 Å². The predicted molar refractivity (Wildman–Crippen MR) is 96.5 cm³/mol. The molecule has 1 aromatic heterocycles. The van der Waals surface area contributed by atoms with Gasteiger partial charge >= 0.3 is 0 Å². The van der Waals surface area contributed by atoms with Crippen LogP contribution in [0.25, 0.3) is 23.3 Å². The molecule has 0 aliphatic heterocycles. The van der Waals surface area contributed by atoms with E-state index in [1.165, 1.54) is 0 Å². The van der Waals surface area contributed by atoms with Gasteiger partial charge in [0, 0.05) is 16.3 Å². The van der Waals surface area contributed by atoms with Crippen molar-refractivity contribution in [2.45, 2.75) is 6.92 Å². The molecule has 3 rings (SSSR count). The van der Waals surface area contributed by atoms with E-state index in [0.29, 0.717) is 0 Å². The number of aromatic hydroxyl groups is 1. The zero-order valence-electron chi connectivity index (χ0n) is 12.7. The van der Waals surface area contributed by atoms with Crippen LogP contribution in [0.5, 0.6) is 5.75 Å². The molecule has 114 valence electrons. The van der Waals surface area contributed by atoms with E-state index in [4.69, 9.17) is 11.6 Å². The number of phenolic OH excluding ortho intramolecular Hbond substituents is 1. The number of halogens is 1. The molecule has 0 spiro atoms. The second-order valence-electron chi connectivity index (χ2n) is 5.32. The second kappa shape index (κ2) is 6.67. The number of pyridine rings is 1. The first kappa shape index (κ1) is 15.3. The summed E-state index contributed by atoms with van der Waals surface area (Å²) in [6, 6.07) is 18.9. The van der Waals surface area contributed by atoms with Crippen molar-refractivity contribution < 1.29 is 5.11 Å². The quantitative estimate of drug-likeness (QED) is 0.682. The summed E-state index contributed by atoms with van der Waals surface area (Å²) in [6.45, 7) is 1.97. The van der Waals surface area contributed by atoms with Crippen molar-refractivity contribution >= 4 is 23.8 Å². The van der Waals surface area contributed by atoms with Crippen molar-refractivity contribution in [2.24, 2.45) is 0 Å². The van der Waals surface area contributed by atoms with Crippen molar-refractivity contribution in [3.8, 4) is 16.9 Å². The molecule has 0 saturated carbocycles. The molecule has 23 heavy (non-hydrogen) atoms. The van der Waals surface area contributed by atoms with Crippen LogP contribution >= 0.6 is 11.6 Å². The lowest BCUT2D eigenvalue weighted by molar-refractivity contribution is 0.475. The molecule has 3 aromatic rings. The van der Waals surface area contributed by atoms with Crippen LogP contribution in [-0.2, 0) is 0 Å². The lowest BCUT2D eigenvalue weighted by Gasteiger charge is -2.07. The van der Waals surface area contributed by atoms with Gasteiger partial charge in [-0.25, -0.2) is 0 Å². The number of nitrogens with zero attached hydrogens (tertiary/aromatic N) is 1. The first-order valence-electron chi connectivity index (χ1n) is 7.32. The number of aryl methyl sites for hydroxylation is 1. The summed E-state index contributed by atoms with van der Waals surface area (Å²) >= 11 is 5.91. The first-order valence-corrected chi connectivity index (χ1v) is 7.70. The maximum Gasteiger partial charge on any atom is 0.115 e. The fraction of sp³-hybridized carbons (Fsp3) is 0.0500. The number of hydrogen-bond acceptors (Lipinski definition) is 2. The molecule has 0 saturated heterocycles. The molecule has 0 bridgehead atoms.